The molecule has 1 spiro atoms. The summed E-state index contributed by atoms with van der Waals surface area (Å²) in [6.07, 6.45) is 2.15. The second-order valence-corrected chi connectivity index (χ2v) is 22.6. The zero-order valence-corrected chi connectivity index (χ0v) is 36.9. The Morgan fingerprint density at radius 3 is 2.13 bits per heavy atom. The van der Waals surface area contributed by atoms with Crippen LogP contribution in [0.2, 0.25) is 18.1 Å². The van der Waals surface area contributed by atoms with Crippen molar-refractivity contribution in [1.29, 1.82) is 0 Å². The largest absolute Gasteiger partial charge is 0.453 e. The monoisotopic (exact) mass is 868 g/mol. The lowest BCUT2D eigenvalue weighted by molar-refractivity contribution is -0.136. The molecule has 3 aliphatic rings. The number of aromatic amines is 2. The van der Waals surface area contributed by atoms with Crippen LogP contribution in [-0.4, -0.2) is 107 Å². The molecular weight excluding hydrogens is 815 g/mol. The molecule has 0 saturated carbocycles. The minimum absolute atomic E-state index is 0.0572. The molecule has 4 amide bonds. The first-order valence-electron chi connectivity index (χ1n) is 21.4. The number of amides is 4. The van der Waals surface area contributed by atoms with Gasteiger partial charge >= 0.3 is 12.2 Å². The predicted octanol–water partition coefficient (Wildman–Crippen LogP) is 7.95. The number of nitrogens with zero attached hydrogens (tertiary/aromatic N) is 4. The Labute approximate surface area is 359 Å². The van der Waals surface area contributed by atoms with Gasteiger partial charge in [0.05, 0.1) is 63.8 Å². The van der Waals surface area contributed by atoms with Gasteiger partial charge in [-0.05, 0) is 47.0 Å². The summed E-state index contributed by atoms with van der Waals surface area (Å²) in [5, 5.41) is 6.96. The topological polar surface area (TPSA) is 175 Å². The van der Waals surface area contributed by atoms with Crippen LogP contribution >= 0.6 is 0 Å². The van der Waals surface area contributed by atoms with Gasteiger partial charge in [-0.1, -0.05) is 83.0 Å². The summed E-state index contributed by atoms with van der Waals surface area (Å²) in [4.78, 5) is 71.8. The Bertz CT molecular complexity index is 2520. The molecule has 17 heteroatoms. The van der Waals surface area contributed by atoms with E-state index in [1.165, 1.54) is 38.0 Å². The fourth-order valence-electron chi connectivity index (χ4n) is 9.78. The molecule has 4 N–H and O–H groups in total. The van der Waals surface area contributed by atoms with Crippen LogP contribution in [0.3, 0.4) is 0 Å². The molecule has 0 unspecified atom stereocenters. The number of imidazole rings is 2. The Balaban J connectivity index is 1.03. The number of nitrogens with one attached hydrogen (secondary N) is 4. The smallest absolute Gasteiger partial charge is 0.407 e. The number of carbonyl (C=O) groups is 4. The van der Waals surface area contributed by atoms with Gasteiger partial charge in [-0.2, -0.15) is 0 Å². The molecule has 8 rings (SSSR count). The quantitative estimate of drug-likeness (QED) is 0.102. The maximum absolute atomic E-state index is 16.1. The maximum Gasteiger partial charge on any atom is 0.407 e. The molecule has 0 aliphatic carbocycles. The van der Waals surface area contributed by atoms with Gasteiger partial charge in [-0.25, -0.2) is 28.3 Å². The molecule has 2 aromatic heterocycles. The Kier molecular flexibility index (Phi) is 11.8. The van der Waals surface area contributed by atoms with Crippen LogP contribution in [0.5, 0.6) is 0 Å². The molecule has 62 heavy (non-hydrogen) atoms. The van der Waals surface area contributed by atoms with E-state index in [0.717, 1.165) is 35.1 Å². The number of ether oxygens (including phenoxy) is 2. The first-order valence-corrected chi connectivity index (χ1v) is 24.2. The second-order valence-electron chi connectivity index (χ2n) is 17.8. The third-order valence-electron chi connectivity index (χ3n) is 13.1. The normalized spacial score (nSPS) is 20.7. The third-order valence-corrected chi connectivity index (χ3v) is 18.2. The molecule has 0 radical (unpaired) electrons. The molecule has 3 aromatic carbocycles. The molecular formula is C45H54F2N8O6Si. The minimum atomic E-state index is -1.76. The van der Waals surface area contributed by atoms with Gasteiger partial charge in [-0.15, -0.1) is 0 Å². The number of alkyl halides is 1. The van der Waals surface area contributed by atoms with Gasteiger partial charge < -0.3 is 39.9 Å². The number of rotatable bonds is 10. The van der Waals surface area contributed by atoms with Crippen molar-refractivity contribution in [1.82, 2.24) is 40.4 Å². The maximum atomic E-state index is 16.1. The van der Waals surface area contributed by atoms with Crippen LogP contribution in [-0.2, 0) is 19.1 Å². The summed E-state index contributed by atoms with van der Waals surface area (Å²) in [6, 6.07) is 15.1. The lowest BCUT2D eigenvalue weighted by atomic mass is 9.98. The number of H-pyrrole nitrogens is 2. The molecule has 5 atom stereocenters. The highest BCUT2D eigenvalue weighted by Gasteiger charge is 2.51. The molecule has 3 aliphatic heterocycles. The number of methoxy groups -OCH3 is 2. The molecule has 5 aromatic rings. The van der Waals surface area contributed by atoms with E-state index >= 15 is 4.39 Å². The first kappa shape index (κ1) is 42.8. The van der Waals surface area contributed by atoms with Crippen molar-refractivity contribution in [2.75, 3.05) is 26.9 Å². The van der Waals surface area contributed by atoms with Crippen molar-refractivity contribution in [3.05, 3.63) is 72.2 Å². The molecule has 14 nitrogen and oxygen atoms in total. The Morgan fingerprint density at radius 2 is 1.48 bits per heavy atom. The Morgan fingerprint density at radius 1 is 0.823 bits per heavy atom. The zero-order chi connectivity index (χ0) is 44.0. The Hall–Kier alpha value is -5.84. The summed E-state index contributed by atoms with van der Waals surface area (Å²) in [5.41, 5.74) is 3.67. The predicted molar refractivity (Wildman–Crippen MR) is 233 cm³/mol. The third kappa shape index (κ3) is 8.13. The SMILES string of the molecule is COC(=O)N[C@H](C(=O)N1C[Si]2(CCCC2)C[C@H]1c1ncc(-c2ccc(-c3ccc4c(ccc5[nH]c([C@@H]6C[C@@H](F)CN6C(=O)[C@@H](NC(=O)OC)C(C)C)nc54)c3)c(F)c2)[nH]1)C(C)C. The van der Waals surface area contributed by atoms with E-state index in [4.69, 9.17) is 19.4 Å². The highest BCUT2D eigenvalue weighted by Crippen LogP contribution is 2.46. The van der Waals surface area contributed by atoms with Crippen molar-refractivity contribution in [3.63, 3.8) is 0 Å². The van der Waals surface area contributed by atoms with Crippen LogP contribution in [0, 0.1) is 17.7 Å². The van der Waals surface area contributed by atoms with Crippen molar-refractivity contribution < 1.29 is 37.4 Å². The highest BCUT2D eigenvalue weighted by atomic mass is 28.3. The van der Waals surface area contributed by atoms with Crippen molar-refractivity contribution >= 4 is 53.9 Å². The van der Waals surface area contributed by atoms with E-state index in [9.17, 15) is 23.6 Å². The van der Waals surface area contributed by atoms with Crippen LogP contribution in [0.25, 0.3) is 44.2 Å². The van der Waals surface area contributed by atoms with Crippen molar-refractivity contribution in [3.8, 4) is 22.4 Å². The average molecular weight is 869 g/mol. The number of hydrogen-bond donors (Lipinski definition) is 4. The zero-order valence-electron chi connectivity index (χ0n) is 35.9. The van der Waals surface area contributed by atoms with E-state index < -0.39 is 56.3 Å². The lowest BCUT2D eigenvalue weighted by Crippen LogP contribution is -2.52. The number of hydrogen-bond acceptors (Lipinski definition) is 8. The number of alkyl carbamates (subject to hydrolysis) is 2. The van der Waals surface area contributed by atoms with Crippen molar-refractivity contribution in [2.24, 2.45) is 11.8 Å². The van der Waals surface area contributed by atoms with Gasteiger partial charge in [0.2, 0.25) is 11.8 Å². The summed E-state index contributed by atoms with van der Waals surface area (Å²) < 4.78 is 40.6. The summed E-state index contributed by atoms with van der Waals surface area (Å²) in [6.45, 7) is 7.28. The number of carbonyl (C=O) groups excluding carboxylic acids is 4. The molecule has 3 saturated heterocycles. The number of benzene rings is 3. The summed E-state index contributed by atoms with van der Waals surface area (Å²) >= 11 is 0. The van der Waals surface area contributed by atoms with Gasteiger partial charge in [0.15, 0.2) is 0 Å². The number of fused-ring (bicyclic) bond motifs is 3. The minimum Gasteiger partial charge on any atom is -0.453 e. The summed E-state index contributed by atoms with van der Waals surface area (Å²) in [7, 11) is 0.742. The van der Waals surface area contributed by atoms with Crippen LogP contribution in [0.4, 0.5) is 18.4 Å². The van der Waals surface area contributed by atoms with Gasteiger partial charge in [0.1, 0.15) is 35.7 Å². The van der Waals surface area contributed by atoms with Gasteiger partial charge in [0.25, 0.3) is 0 Å². The van der Waals surface area contributed by atoms with Crippen molar-refractivity contribution in [2.45, 2.75) is 95.4 Å². The number of halogens is 2. The van der Waals surface area contributed by atoms with Gasteiger partial charge in [-0.3, -0.25) is 9.59 Å². The fraction of sp³-hybridized carbons (Fsp3) is 0.467. The summed E-state index contributed by atoms with van der Waals surface area (Å²) in [5.74, 6) is -0.296. The van der Waals surface area contributed by atoms with Crippen LogP contribution in [0.15, 0.2) is 54.7 Å². The molecule has 328 valence electrons. The second kappa shape index (κ2) is 17.1. The number of likely N-dealkylation sites (tertiary alicyclic amines) is 1. The van der Waals surface area contributed by atoms with Gasteiger partial charge in [0, 0.05) is 29.1 Å². The van der Waals surface area contributed by atoms with Crippen LogP contribution in [0.1, 0.15) is 70.7 Å². The van der Waals surface area contributed by atoms with E-state index in [1.54, 1.807) is 26.1 Å². The molecule has 3 fully saturated rings. The highest BCUT2D eigenvalue weighted by molar-refractivity contribution is 6.81. The fourth-order valence-corrected chi connectivity index (χ4v) is 15.2. The van der Waals surface area contributed by atoms with Crippen LogP contribution < -0.4 is 10.6 Å². The van der Waals surface area contributed by atoms with E-state index in [0.29, 0.717) is 45.1 Å². The molecule has 0 bridgehead atoms. The van der Waals surface area contributed by atoms with E-state index in [2.05, 4.69) is 20.6 Å². The van der Waals surface area contributed by atoms with E-state index in [1.807, 2.05) is 55.1 Å². The number of aromatic nitrogens is 4. The standard InChI is InChI=1S/C45H54F2N8O6Si/c1-24(2)37(52-44(58)60-5)42(56)54-21-29(46)19-35(54)41-49-33-14-11-27-17-26(9-13-31(27)39(33)51-41)30-12-10-28(18-32(30)47)34-20-48-40(50-34)36-22-62(15-7-8-16-62)23-55(36)43(57)38(25(3)4)53-45(59)61-6/h9-14,17-18,20,24-25,29,35-38H,7-8,15-16,19,21-23H2,1-6H3,(H,48,50)(H,49,51)(H,52,58)(H,53,59)/t29-,35+,36+,37+,38+/m1/s1. The lowest BCUT2D eigenvalue weighted by Gasteiger charge is -2.30. The first-order chi connectivity index (χ1) is 29.7. The average Bonchev–Trinajstić information content (AvgIpc) is 4.11. The molecule has 5 heterocycles. The van der Waals surface area contributed by atoms with E-state index in [-0.39, 0.29) is 36.8 Å².